The van der Waals surface area contributed by atoms with Crippen molar-refractivity contribution in [3.63, 3.8) is 0 Å². The molecular formula is C12H14FNS. The molecule has 80 valence electrons. The van der Waals surface area contributed by atoms with Crippen LogP contribution in [0.2, 0.25) is 0 Å². The van der Waals surface area contributed by atoms with E-state index in [1.807, 2.05) is 6.07 Å². The van der Waals surface area contributed by atoms with E-state index in [2.05, 4.69) is 23.9 Å². The van der Waals surface area contributed by atoms with Gasteiger partial charge in [0.15, 0.2) is 0 Å². The number of nitrogens with zero attached hydrogens (tertiary/aromatic N) is 1. The van der Waals surface area contributed by atoms with Crippen molar-refractivity contribution in [1.29, 1.82) is 0 Å². The second-order valence-electron chi connectivity index (χ2n) is 3.53. The lowest BCUT2D eigenvalue weighted by atomic mass is 10.2. The Hall–Kier alpha value is -0.960. The predicted octanol–water partition coefficient (Wildman–Crippen LogP) is 3.66. The van der Waals surface area contributed by atoms with Gasteiger partial charge < -0.3 is 4.57 Å². The average Bonchev–Trinajstić information content (AvgIpc) is 2.56. The van der Waals surface area contributed by atoms with E-state index in [0.717, 1.165) is 17.8 Å². The van der Waals surface area contributed by atoms with Gasteiger partial charge in [0.05, 0.1) is 5.52 Å². The van der Waals surface area contributed by atoms with Gasteiger partial charge in [-0.1, -0.05) is 0 Å². The van der Waals surface area contributed by atoms with E-state index in [4.69, 9.17) is 0 Å². The van der Waals surface area contributed by atoms with Gasteiger partial charge in [-0.05, 0) is 36.9 Å². The zero-order chi connectivity index (χ0) is 10.8. The Balaban J connectivity index is 2.64. The monoisotopic (exact) mass is 223 g/mol. The molecule has 0 unspecified atom stereocenters. The van der Waals surface area contributed by atoms with Crippen molar-refractivity contribution in [2.75, 3.05) is 6.26 Å². The van der Waals surface area contributed by atoms with Gasteiger partial charge in [0, 0.05) is 23.9 Å². The first-order valence-corrected chi connectivity index (χ1v) is 6.42. The zero-order valence-electron chi connectivity index (χ0n) is 8.96. The molecule has 0 spiro atoms. The number of aryl methyl sites for hydroxylation is 1. The maximum Gasteiger partial charge on any atom is 0.125 e. The van der Waals surface area contributed by atoms with E-state index in [0.29, 0.717) is 0 Å². The van der Waals surface area contributed by atoms with Crippen LogP contribution in [0, 0.1) is 5.82 Å². The Bertz CT molecular complexity index is 476. The number of halogens is 1. The Morgan fingerprint density at radius 3 is 2.87 bits per heavy atom. The lowest BCUT2D eigenvalue weighted by molar-refractivity contribution is 0.628. The van der Waals surface area contributed by atoms with Gasteiger partial charge in [0.25, 0.3) is 0 Å². The van der Waals surface area contributed by atoms with Crippen LogP contribution >= 0.6 is 11.8 Å². The van der Waals surface area contributed by atoms with E-state index < -0.39 is 0 Å². The van der Waals surface area contributed by atoms with Crippen molar-refractivity contribution < 1.29 is 4.39 Å². The van der Waals surface area contributed by atoms with Crippen molar-refractivity contribution in [1.82, 2.24) is 4.57 Å². The first-order chi connectivity index (χ1) is 7.26. The Morgan fingerprint density at radius 1 is 1.40 bits per heavy atom. The summed E-state index contributed by atoms with van der Waals surface area (Å²) in [6.45, 7) is 2.96. The lowest BCUT2D eigenvalue weighted by Crippen LogP contribution is -1.90. The normalized spacial score (nSPS) is 11.1. The molecule has 0 amide bonds. The number of benzene rings is 1. The molecule has 1 aromatic carbocycles. The van der Waals surface area contributed by atoms with Crippen LogP contribution in [0.1, 0.15) is 12.5 Å². The lowest BCUT2D eigenvalue weighted by Gasteiger charge is -1.99. The first kappa shape index (κ1) is 10.6. The van der Waals surface area contributed by atoms with Gasteiger partial charge >= 0.3 is 0 Å². The Kier molecular flexibility index (Phi) is 3.00. The van der Waals surface area contributed by atoms with Crippen molar-refractivity contribution in [2.24, 2.45) is 0 Å². The molecule has 0 saturated carbocycles. The number of rotatable bonds is 3. The maximum atomic E-state index is 13.1. The summed E-state index contributed by atoms with van der Waals surface area (Å²) in [6.07, 6.45) is 4.21. The molecule has 0 bridgehead atoms. The van der Waals surface area contributed by atoms with E-state index in [1.165, 1.54) is 17.0 Å². The third-order valence-electron chi connectivity index (χ3n) is 2.57. The molecule has 0 aliphatic heterocycles. The van der Waals surface area contributed by atoms with Crippen LogP contribution in [0.25, 0.3) is 10.9 Å². The van der Waals surface area contributed by atoms with Gasteiger partial charge in [-0.3, -0.25) is 0 Å². The van der Waals surface area contributed by atoms with Gasteiger partial charge in [-0.25, -0.2) is 4.39 Å². The van der Waals surface area contributed by atoms with Gasteiger partial charge in [0.1, 0.15) is 5.82 Å². The SMILES string of the molecule is CCn1cc(CSC)c2ccc(F)cc21. The molecule has 0 aliphatic carbocycles. The summed E-state index contributed by atoms with van der Waals surface area (Å²) in [6, 6.07) is 5.03. The highest BCUT2D eigenvalue weighted by molar-refractivity contribution is 7.97. The number of fused-ring (bicyclic) bond motifs is 1. The van der Waals surface area contributed by atoms with E-state index in [1.54, 1.807) is 17.8 Å². The molecule has 0 fully saturated rings. The molecule has 3 heteroatoms. The zero-order valence-corrected chi connectivity index (χ0v) is 9.77. The van der Waals surface area contributed by atoms with Crippen molar-refractivity contribution in [3.05, 3.63) is 35.8 Å². The van der Waals surface area contributed by atoms with Crippen LogP contribution in [0.3, 0.4) is 0 Å². The molecule has 0 radical (unpaired) electrons. The molecule has 1 heterocycles. The quantitative estimate of drug-likeness (QED) is 0.768. The summed E-state index contributed by atoms with van der Waals surface area (Å²) in [7, 11) is 0. The van der Waals surface area contributed by atoms with Gasteiger partial charge in [-0.15, -0.1) is 0 Å². The second-order valence-corrected chi connectivity index (χ2v) is 4.40. The minimum Gasteiger partial charge on any atom is -0.347 e. The van der Waals surface area contributed by atoms with Gasteiger partial charge in [-0.2, -0.15) is 11.8 Å². The van der Waals surface area contributed by atoms with Crippen LogP contribution in [-0.4, -0.2) is 10.8 Å². The van der Waals surface area contributed by atoms with Gasteiger partial charge in [0.2, 0.25) is 0 Å². The standard InChI is InChI=1S/C12H14FNS/c1-3-14-7-9(8-15-2)11-5-4-10(13)6-12(11)14/h4-7H,3,8H2,1-2H3. The third-order valence-corrected chi connectivity index (χ3v) is 3.17. The highest BCUT2D eigenvalue weighted by Crippen LogP contribution is 2.25. The minimum atomic E-state index is -0.161. The second kappa shape index (κ2) is 4.27. The summed E-state index contributed by atoms with van der Waals surface area (Å²) < 4.78 is 15.2. The Morgan fingerprint density at radius 2 is 2.20 bits per heavy atom. The van der Waals surface area contributed by atoms with E-state index in [9.17, 15) is 4.39 Å². The molecule has 0 N–H and O–H groups in total. The van der Waals surface area contributed by atoms with Crippen LogP contribution in [0.15, 0.2) is 24.4 Å². The molecule has 2 rings (SSSR count). The molecule has 0 saturated heterocycles. The molecule has 0 atom stereocenters. The first-order valence-electron chi connectivity index (χ1n) is 5.02. The number of aromatic nitrogens is 1. The minimum absolute atomic E-state index is 0.161. The fraction of sp³-hybridized carbons (Fsp3) is 0.333. The van der Waals surface area contributed by atoms with E-state index in [-0.39, 0.29) is 5.82 Å². The summed E-state index contributed by atoms with van der Waals surface area (Å²) in [5.74, 6) is 0.820. The van der Waals surface area contributed by atoms with Crippen molar-refractivity contribution in [3.8, 4) is 0 Å². The average molecular weight is 223 g/mol. The molecule has 0 aliphatic rings. The maximum absolute atomic E-state index is 13.1. The topological polar surface area (TPSA) is 4.93 Å². The third kappa shape index (κ3) is 1.88. The number of hydrogen-bond donors (Lipinski definition) is 0. The summed E-state index contributed by atoms with van der Waals surface area (Å²) >= 11 is 1.79. The highest BCUT2D eigenvalue weighted by atomic mass is 32.2. The van der Waals surface area contributed by atoms with E-state index >= 15 is 0 Å². The smallest absolute Gasteiger partial charge is 0.125 e. The van der Waals surface area contributed by atoms with Crippen LogP contribution in [-0.2, 0) is 12.3 Å². The van der Waals surface area contributed by atoms with Crippen molar-refractivity contribution >= 4 is 22.7 Å². The fourth-order valence-corrected chi connectivity index (χ4v) is 2.41. The molecule has 1 nitrogen and oxygen atoms in total. The largest absolute Gasteiger partial charge is 0.347 e. The highest BCUT2D eigenvalue weighted by Gasteiger charge is 2.07. The molecule has 15 heavy (non-hydrogen) atoms. The molecular weight excluding hydrogens is 209 g/mol. The summed E-state index contributed by atoms with van der Waals surface area (Å²) in [5, 5.41) is 1.17. The number of hydrogen-bond acceptors (Lipinski definition) is 1. The Labute approximate surface area is 93.3 Å². The molecule has 1 aromatic heterocycles. The van der Waals surface area contributed by atoms with Crippen molar-refractivity contribution in [2.45, 2.75) is 19.2 Å². The molecule has 2 aromatic rings. The predicted molar refractivity (Wildman–Crippen MR) is 64.8 cm³/mol. The summed E-state index contributed by atoms with van der Waals surface area (Å²) in [5.41, 5.74) is 2.29. The van der Waals surface area contributed by atoms with Crippen LogP contribution in [0.5, 0.6) is 0 Å². The number of thioether (sulfide) groups is 1. The van der Waals surface area contributed by atoms with Crippen LogP contribution in [0.4, 0.5) is 4.39 Å². The fourth-order valence-electron chi connectivity index (χ4n) is 1.87. The summed E-state index contributed by atoms with van der Waals surface area (Å²) in [4.78, 5) is 0. The van der Waals surface area contributed by atoms with Crippen LogP contribution < -0.4 is 0 Å².